The molecule has 102 valence electrons. The highest BCUT2D eigenvalue weighted by Crippen LogP contribution is 2.10. The lowest BCUT2D eigenvalue weighted by molar-refractivity contribution is 0.0472. The lowest BCUT2D eigenvalue weighted by Crippen LogP contribution is -2.06. The largest absolute Gasteiger partial charge is 0.478 e. The average molecular weight is 271 g/mol. The van der Waals surface area contributed by atoms with Crippen molar-refractivity contribution in [2.24, 2.45) is 0 Å². The average Bonchev–Trinajstić information content (AvgIpc) is 2.45. The smallest absolute Gasteiger partial charge is 0.338 e. The van der Waals surface area contributed by atoms with E-state index in [1.54, 1.807) is 30.3 Å². The van der Waals surface area contributed by atoms with Gasteiger partial charge in [-0.25, -0.2) is 9.59 Å². The van der Waals surface area contributed by atoms with Crippen molar-refractivity contribution in [2.45, 2.75) is 6.61 Å². The van der Waals surface area contributed by atoms with Crippen molar-refractivity contribution >= 4 is 17.6 Å². The van der Waals surface area contributed by atoms with E-state index in [-0.39, 0.29) is 12.2 Å². The van der Waals surface area contributed by atoms with Crippen LogP contribution in [0.2, 0.25) is 0 Å². The van der Waals surface area contributed by atoms with Gasteiger partial charge in [-0.1, -0.05) is 18.2 Å². The SMILES string of the molecule is Nc1cccc(C(=O)OCc2ccc(C(=O)O)cc2)c1. The van der Waals surface area contributed by atoms with Crippen LogP contribution in [0.1, 0.15) is 26.3 Å². The second-order valence-corrected chi connectivity index (χ2v) is 4.20. The molecule has 0 heterocycles. The quantitative estimate of drug-likeness (QED) is 0.658. The van der Waals surface area contributed by atoms with Crippen molar-refractivity contribution in [1.29, 1.82) is 0 Å². The summed E-state index contributed by atoms with van der Waals surface area (Å²) in [4.78, 5) is 22.5. The number of nitrogen functional groups attached to an aromatic ring is 1. The summed E-state index contributed by atoms with van der Waals surface area (Å²) in [6.45, 7) is 0.0769. The number of carbonyl (C=O) groups excluding carboxylic acids is 1. The minimum absolute atomic E-state index is 0.0769. The number of carboxylic acid groups (broad SMARTS) is 1. The molecular formula is C15H13NO4. The lowest BCUT2D eigenvalue weighted by atomic mass is 10.1. The number of anilines is 1. The molecule has 0 aliphatic rings. The van der Waals surface area contributed by atoms with E-state index in [9.17, 15) is 9.59 Å². The zero-order valence-electron chi connectivity index (χ0n) is 10.6. The summed E-state index contributed by atoms with van der Waals surface area (Å²) in [7, 11) is 0. The topological polar surface area (TPSA) is 89.6 Å². The first-order valence-electron chi connectivity index (χ1n) is 5.91. The van der Waals surface area contributed by atoms with E-state index in [2.05, 4.69) is 0 Å². The van der Waals surface area contributed by atoms with Gasteiger partial charge in [-0.05, 0) is 35.9 Å². The fourth-order valence-electron chi connectivity index (χ4n) is 1.64. The van der Waals surface area contributed by atoms with Gasteiger partial charge in [-0.15, -0.1) is 0 Å². The predicted molar refractivity (Wildman–Crippen MR) is 73.4 cm³/mol. The van der Waals surface area contributed by atoms with E-state index in [0.717, 1.165) is 0 Å². The molecule has 0 aliphatic carbocycles. The number of ether oxygens (including phenoxy) is 1. The molecule has 0 spiro atoms. The van der Waals surface area contributed by atoms with Crippen LogP contribution in [-0.4, -0.2) is 17.0 Å². The summed E-state index contributed by atoms with van der Waals surface area (Å²) in [5.74, 6) is -1.46. The minimum Gasteiger partial charge on any atom is -0.478 e. The number of benzene rings is 2. The Morgan fingerprint density at radius 3 is 2.35 bits per heavy atom. The molecule has 0 atom stereocenters. The summed E-state index contributed by atoms with van der Waals surface area (Å²) in [5.41, 5.74) is 7.36. The Morgan fingerprint density at radius 2 is 1.75 bits per heavy atom. The molecule has 0 bridgehead atoms. The standard InChI is InChI=1S/C15H13NO4/c16-13-3-1-2-12(8-13)15(19)20-9-10-4-6-11(7-5-10)14(17)18/h1-8H,9,16H2,(H,17,18). The van der Waals surface area contributed by atoms with Crippen molar-refractivity contribution < 1.29 is 19.4 Å². The molecule has 0 saturated heterocycles. The van der Waals surface area contributed by atoms with Gasteiger partial charge in [0.2, 0.25) is 0 Å². The second-order valence-electron chi connectivity index (χ2n) is 4.20. The second kappa shape index (κ2) is 5.88. The van der Waals surface area contributed by atoms with Gasteiger partial charge in [0.05, 0.1) is 11.1 Å². The summed E-state index contributed by atoms with van der Waals surface area (Å²) in [6.07, 6.45) is 0. The molecule has 0 saturated carbocycles. The fourth-order valence-corrected chi connectivity index (χ4v) is 1.64. The summed E-state index contributed by atoms with van der Waals surface area (Å²) in [6, 6.07) is 12.7. The molecule has 0 amide bonds. The normalized spacial score (nSPS) is 10.0. The maximum Gasteiger partial charge on any atom is 0.338 e. The molecule has 0 aliphatic heterocycles. The molecule has 2 aromatic rings. The molecule has 2 rings (SSSR count). The Hall–Kier alpha value is -2.82. The summed E-state index contributed by atoms with van der Waals surface area (Å²) < 4.78 is 5.13. The zero-order chi connectivity index (χ0) is 14.5. The van der Waals surface area contributed by atoms with E-state index in [4.69, 9.17) is 15.6 Å². The third kappa shape index (κ3) is 3.35. The van der Waals surface area contributed by atoms with Crippen molar-refractivity contribution in [3.63, 3.8) is 0 Å². The van der Waals surface area contributed by atoms with Gasteiger partial charge in [0, 0.05) is 5.69 Å². The Kier molecular flexibility index (Phi) is 4.00. The molecule has 5 nitrogen and oxygen atoms in total. The zero-order valence-corrected chi connectivity index (χ0v) is 10.6. The Morgan fingerprint density at radius 1 is 1.05 bits per heavy atom. The molecule has 0 radical (unpaired) electrons. The van der Waals surface area contributed by atoms with Crippen molar-refractivity contribution in [1.82, 2.24) is 0 Å². The van der Waals surface area contributed by atoms with Gasteiger partial charge in [-0.2, -0.15) is 0 Å². The maximum absolute atomic E-state index is 11.8. The third-order valence-electron chi connectivity index (χ3n) is 2.69. The van der Waals surface area contributed by atoms with Gasteiger partial charge in [0.1, 0.15) is 6.61 Å². The number of esters is 1. The molecule has 0 unspecified atom stereocenters. The van der Waals surface area contributed by atoms with Crippen molar-refractivity contribution in [2.75, 3.05) is 5.73 Å². The van der Waals surface area contributed by atoms with Crippen LogP contribution >= 0.6 is 0 Å². The monoisotopic (exact) mass is 271 g/mol. The van der Waals surface area contributed by atoms with Gasteiger partial charge in [0.15, 0.2) is 0 Å². The van der Waals surface area contributed by atoms with E-state index < -0.39 is 11.9 Å². The number of aromatic carboxylic acids is 1. The van der Waals surface area contributed by atoms with Crippen LogP contribution < -0.4 is 5.73 Å². The molecule has 2 aromatic carbocycles. The van der Waals surface area contributed by atoms with Gasteiger partial charge < -0.3 is 15.6 Å². The highest BCUT2D eigenvalue weighted by Gasteiger charge is 2.08. The highest BCUT2D eigenvalue weighted by molar-refractivity contribution is 5.90. The van der Waals surface area contributed by atoms with Crippen LogP contribution in [0.3, 0.4) is 0 Å². The van der Waals surface area contributed by atoms with Crippen LogP contribution in [0.5, 0.6) is 0 Å². The Bertz CT molecular complexity index is 635. The van der Waals surface area contributed by atoms with Crippen LogP contribution in [0.25, 0.3) is 0 Å². The number of rotatable bonds is 4. The Labute approximate surface area is 115 Å². The van der Waals surface area contributed by atoms with E-state index in [1.165, 1.54) is 18.2 Å². The first-order chi connectivity index (χ1) is 9.56. The molecule has 5 heteroatoms. The number of nitrogens with two attached hydrogens (primary N) is 1. The number of carbonyl (C=O) groups is 2. The van der Waals surface area contributed by atoms with Crippen molar-refractivity contribution in [3.05, 3.63) is 65.2 Å². The molecular weight excluding hydrogens is 258 g/mol. The maximum atomic E-state index is 11.8. The molecule has 20 heavy (non-hydrogen) atoms. The Balaban J connectivity index is 1.98. The molecule has 3 N–H and O–H groups in total. The van der Waals surface area contributed by atoms with Crippen LogP contribution in [0.4, 0.5) is 5.69 Å². The first kappa shape index (κ1) is 13.6. The van der Waals surface area contributed by atoms with Gasteiger partial charge >= 0.3 is 11.9 Å². The molecule has 0 aromatic heterocycles. The first-order valence-corrected chi connectivity index (χ1v) is 5.91. The molecule has 0 fully saturated rings. The number of hydrogen-bond donors (Lipinski definition) is 2. The lowest BCUT2D eigenvalue weighted by Gasteiger charge is -2.06. The van der Waals surface area contributed by atoms with Gasteiger partial charge in [0.25, 0.3) is 0 Å². The summed E-state index contributed by atoms with van der Waals surface area (Å²) in [5, 5.41) is 8.77. The number of hydrogen-bond acceptors (Lipinski definition) is 4. The highest BCUT2D eigenvalue weighted by atomic mass is 16.5. The third-order valence-corrected chi connectivity index (χ3v) is 2.69. The van der Waals surface area contributed by atoms with Crippen LogP contribution in [-0.2, 0) is 11.3 Å². The number of carboxylic acids is 1. The van der Waals surface area contributed by atoms with E-state index in [0.29, 0.717) is 16.8 Å². The minimum atomic E-state index is -0.992. The van der Waals surface area contributed by atoms with E-state index >= 15 is 0 Å². The van der Waals surface area contributed by atoms with Crippen molar-refractivity contribution in [3.8, 4) is 0 Å². The summed E-state index contributed by atoms with van der Waals surface area (Å²) >= 11 is 0. The fraction of sp³-hybridized carbons (Fsp3) is 0.0667. The van der Waals surface area contributed by atoms with Gasteiger partial charge in [-0.3, -0.25) is 0 Å². The predicted octanol–water partition coefficient (Wildman–Crippen LogP) is 2.32. The van der Waals surface area contributed by atoms with E-state index in [1.807, 2.05) is 0 Å². The van der Waals surface area contributed by atoms with Crippen LogP contribution in [0.15, 0.2) is 48.5 Å². The van der Waals surface area contributed by atoms with Crippen LogP contribution in [0, 0.1) is 0 Å².